The summed E-state index contributed by atoms with van der Waals surface area (Å²) in [6.07, 6.45) is 0. The molecule has 76 valence electrons. The molecule has 0 fully saturated rings. The highest BCUT2D eigenvalue weighted by Gasteiger charge is 2.09. The first kappa shape index (κ1) is 11.0. The molecule has 2 nitrogen and oxygen atoms in total. The van der Waals surface area contributed by atoms with Crippen LogP contribution in [-0.2, 0) is 0 Å². The van der Waals surface area contributed by atoms with Crippen LogP contribution in [0.5, 0.6) is 0 Å². The molecule has 1 aromatic rings. The molecule has 1 aromatic carbocycles. The number of thioether (sulfide) groups is 1. The smallest absolute Gasteiger partial charge is 0.285 e. The van der Waals surface area contributed by atoms with E-state index < -0.39 is 11.6 Å². The lowest BCUT2D eigenvalue weighted by atomic mass is 10.3. The lowest BCUT2D eigenvalue weighted by molar-refractivity contribution is 0.241. The van der Waals surface area contributed by atoms with Crippen molar-refractivity contribution in [3.8, 4) is 0 Å². The second-order valence-corrected chi connectivity index (χ2v) is 3.86. The van der Waals surface area contributed by atoms with E-state index in [1.807, 2.05) is 0 Å². The molecule has 0 saturated heterocycles. The average Bonchev–Trinajstić information content (AvgIpc) is 2.11. The summed E-state index contributed by atoms with van der Waals surface area (Å²) >= 11 is 0.855. The van der Waals surface area contributed by atoms with Crippen molar-refractivity contribution in [3.05, 3.63) is 29.8 Å². The van der Waals surface area contributed by atoms with Crippen LogP contribution in [0.15, 0.2) is 23.1 Å². The van der Waals surface area contributed by atoms with E-state index in [-0.39, 0.29) is 5.24 Å². The Hall–Kier alpha value is -1.10. The van der Waals surface area contributed by atoms with Gasteiger partial charge in [0, 0.05) is 19.0 Å². The molecule has 1 rings (SSSR count). The predicted molar refractivity (Wildman–Crippen MR) is 51.3 cm³/mol. The van der Waals surface area contributed by atoms with Gasteiger partial charge < -0.3 is 4.90 Å². The Morgan fingerprint density at radius 3 is 2.43 bits per heavy atom. The highest BCUT2D eigenvalue weighted by Crippen LogP contribution is 2.22. The quantitative estimate of drug-likeness (QED) is 0.674. The van der Waals surface area contributed by atoms with E-state index >= 15 is 0 Å². The average molecular weight is 217 g/mol. The van der Waals surface area contributed by atoms with Crippen molar-refractivity contribution in [2.45, 2.75) is 4.90 Å². The molecular formula is C9H9F2NOS. The van der Waals surface area contributed by atoms with Crippen LogP contribution in [0.2, 0.25) is 0 Å². The second-order valence-electron chi connectivity index (χ2n) is 2.84. The number of hydrogen-bond donors (Lipinski definition) is 0. The van der Waals surface area contributed by atoms with Gasteiger partial charge in [-0.25, -0.2) is 8.78 Å². The van der Waals surface area contributed by atoms with Gasteiger partial charge in [0.15, 0.2) is 11.6 Å². The molecular weight excluding hydrogens is 208 g/mol. The normalized spacial score (nSPS) is 10.0. The third kappa shape index (κ3) is 2.70. The molecule has 5 heteroatoms. The molecule has 0 aromatic heterocycles. The molecule has 0 atom stereocenters. The summed E-state index contributed by atoms with van der Waals surface area (Å²) in [6.45, 7) is 0. The van der Waals surface area contributed by atoms with E-state index in [4.69, 9.17) is 0 Å². The zero-order chi connectivity index (χ0) is 10.7. The molecule has 0 aliphatic rings. The van der Waals surface area contributed by atoms with E-state index in [0.717, 1.165) is 23.9 Å². The molecule has 0 N–H and O–H groups in total. The van der Waals surface area contributed by atoms with E-state index in [2.05, 4.69) is 0 Å². The lowest BCUT2D eigenvalue weighted by Crippen LogP contribution is -2.16. The van der Waals surface area contributed by atoms with Crippen molar-refractivity contribution in [1.82, 2.24) is 4.90 Å². The van der Waals surface area contributed by atoms with Gasteiger partial charge in [-0.2, -0.15) is 0 Å². The maximum absolute atomic E-state index is 12.7. The molecule has 0 aliphatic carbocycles. The topological polar surface area (TPSA) is 20.3 Å². The van der Waals surface area contributed by atoms with Crippen molar-refractivity contribution in [2.75, 3.05) is 14.1 Å². The molecule has 0 heterocycles. The first-order valence-corrected chi connectivity index (χ1v) is 4.66. The van der Waals surface area contributed by atoms with Gasteiger partial charge in [-0.15, -0.1) is 0 Å². The summed E-state index contributed by atoms with van der Waals surface area (Å²) in [6, 6.07) is 3.37. The Labute approximate surface area is 84.9 Å². The Bertz CT molecular complexity index is 355. The largest absolute Gasteiger partial charge is 0.339 e. The van der Waals surface area contributed by atoms with Crippen molar-refractivity contribution in [1.29, 1.82) is 0 Å². The van der Waals surface area contributed by atoms with E-state index in [1.54, 1.807) is 14.1 Å². The molecule has 0 spiro atoms. The van der Waals surface area contributed by atoms with Gasteiger partial charge >= 0.3 is 0 Å². The standard InChI is InChI=1S/C9H9F2NOS/c1-12(2)9(13)14-6-3-4-7(10)8(11)5-6/h3-5H,1-2H3. The Morgan fingerprint density at radius 1 is 1.29 bits per heavy atom. The van der Waals surface area contributed by atoms with Gasteiger partial charge in [-0.05, 0) is 30.0 Å². The maximum Gasteiger partial charge on any atom is 0.285 e. The summed E-state index contributed by atoms with van der Waals surface area (Å²) in [5.41, 5.74) is 0. The second kappa shape index (κ2) is 4.41. The van der Waals surface area contributed by atoms with Crippen LogP contribution in [0.3, 0.4) is 0 Å². The zero-order valence-corrected chi connectivity index (χ0v) is 8.57. The molecule has 0 radical (unpaired) electrons. The van der Waals surface area contributed by atoms with Gasteiger partial charge in [0.1, 0.15) is 0 Å². The Morgan fingerprint density at radius 2 is 1.93 bits per heavy atom. The predicted octanol–water partition coefficient (Wildman–Crippen LogP) is 2.74. The molecule has 0 saturated carbocycles. The highest BCUT2D eigenvalue weighted by molar-refractivity contribution is 8.13. The van der Waals surface area contributed by atoms with Gasteiger partial charge in [0.2, 0.25) is 0 Å². The van der Waals surface area contributed by atoms with E-state index in [9.17, 15) is 13.6 Å². The highest BCUT2D eigenvalue weighted by atomic mass is 32.2. The lowest BCUT2D eigenvalue weighted by Gasteiger charge is -2.08. The maximum atomic E-state index is 12.7. The van der Waals surface area contributed by atoms with Crippen LogP contribution in [0.1, 0.15) is 0 Å². The first-order valence-electron chi connectivity index (χ1n) is 3.85. The molecule has 0 bridgehead atoms. The number of benzene rings is 1. The fourth-order valence-electron chi connectivity index (χ4n) is 0.732. The van der Waals surface area contributed by atoms with Crippen LogP contribution in [0.25, 0.3) is 0 Å². The van der Waals surface area contributed by atoms with E-state index in [0.29, 0.717) is 4.90 Å². The molecule has 1 amide bonds. The van der Waals surface area contributed by atoms with Crippen molar-refractivity contribution >= 4 is 17.0 Å². The van der Waals surface area contributed by atoms with Gasteiger partial charge in [0.05, 0.1) is 0 Å². The van der Waals surface area contributed by atoms with Crippen LogP contribution in [0, 0.1) is 11.6 Å². The van der Waals surface area contributed by atoms with Gasteiger partial charge in [0.25, 0.3) is 5.24 Å². The van der Waals surface area contributed by atoms with Gasteiger partial charge in [-0.1, -0.05) is 0 Å². The molecule has 14 heavy (non-hydrogen) atoms. The van der Waals surface area contributed by atoms with Crippen LogP contribution < -0.4 is 0 Å². The van der Waals surface area contributed by atoms with Crippen LogP contribution >= 0.6 is 11.8 Å². The van der Waals surface area contributed by atoms with Gasteiger partial charge in [-0.3, -0.25) is 4.79 Å². The molecule has 0 aliphatic heterocycles. The summed E-state index contributed by atoms with van der Waals surface area (Å²) in [4.78, 5) is 12.9. The monoisotopic (exact) mass is 217 g/mol. The van der Waals surface area contributed by atoms with Crippen molar-refractivity contribution in [2.24, 2.45) is 0 Å². The number of nitrogens with zero attached hydrogens (tertiary/aromatic N) is 1. The van der Waals surface area contributed by atoms with E-state index in [1.165, 1.54) is 11.0 Å². The fraction of sp³-hybridized carbons (Fsp3) is 0.222. The minimum atomic E-state index is -0.943. The number of hydrogen-bond acceptors (Lipinski definition) is 2. The Balaban J connectivity index is 2.78. The summed E-state index contributed by atoms with van der Waals surface area (Å²) < 4.78 is 25.2. The summed E-state index contributed by atoms with van der Waals surface area (Å²) in [5.74, 6) is -1.85. The third-order valence-electron chi connectivity index (χ3n) is 1.46. The zero-order valence-electron chi connectivity index (χ0n) is 7.75. The van der Waals surface area contributed by atoms with Crippen LogP contribution in [-0.4, -0.2) is 24.2 Å². The summed E-state index contributed by atoms with van der Waals surface area (Å²) in [5, 5.41) is -0.226. The van der Waals surface area contributed by atoms with Crippen molar-refractivity contribution < 1.29 is 13.6 Å². The number of amides is 1. The number of carbonyl (C=O) groups is 1. The summed E-state index contributed by atoms with van der Waals surface area (Å²) in [7, 11) is 3.18. The minimum absolute atomic E-state index is 0.226. The van der Waals surface area contributed by atoms with Crippen LogP contribution in [0.4, 0.5) is 13.6 Å². The minimum Gasteiger partial charge on any atom is -0.339 e. The SMILES string of the molecule is CN(C)C(=O)Sc1ccc(F)c(F)c1. The third-order valence-corrected chi connectivity index (χ3v) is 2.49. The Kier molecular flexibility index (Phi) is 3.46. The number of halogens is 2. The molecule has 0 unspecified atom stereocenters. The van der Waals surface area contributed by atoms with Crippen molar-refractivity contribution in [3.63, 3.8) is 0 Å². The number of carbonyl (C=O) groups excluding carboxylic acids is 1. The number of rotatable bonds is 1. The fourth-order valence-corrected chi connectivity index (χ4v) is 1.42. The first-order chi connectivity index (χ1) is 6.50.